The number of methoxy groups -OCH3 is 1. The second-order valence-electron chi connectivity index (χ2n) is 7.93. The molecule has 170 valence electrons. The summed E-state index contributed by atoms with van der Waals surface area (Å²) in [5.41, 5.74) is -0.311. The van der Waals surface area contributed by atoms with Gasteiger partial charge in [0.1, 0.15) is 0 Å². The molecule has 0 spiro atoms. The zero-order chi connectivity index (χ0) is 22.0. The minimum Gasteiger partial charge on any atom is -0.381 e. The second kappa shape index (κ2) is 9.01. The molecule has 0 radical (unpaired) electrons. The summed E-state index contributed by atoms with van der Waals surface area (Å²) in [6.07, 6.45) is -2.64. The molecule has 0 aliphatic carbocycles. The van der Waals surface area contributed by atoms with Crippen molar-refractivity contribution in [1.29, 1.82) is 0 Å². The molecule has 3 heterocycles. The van der Waals surface area contributed by atoms with Crippen molar-refractivity contribution >= 4 is 22.6 Å². The third-order valence-corrected chi connectivity index (χ3v) is 5.96. The van der Waals surface area contributed by atoms with Gasteiger partial charge in [-0.25, -0.2) is 0 Å². The van der Waals surface area contributed by atoms with Gasteiger partial charge in [-0.15, -0.1) is 0 Å². The molecule has 2 saturated heterocycles. The average Bonchev–Trinajstić information content (AvgIpc) is 3.35. The predicted molar refractivity (Wildman–Crippen MR) is 108 cm³/mol. The van der Waals surface area contributed by atoms with Crippen LogP contribution in [-0.2, 0) is 20.4 Å². The van der Waals surface area contributed by atoms with Gasteiger partial charge in [-0.2, -0.15) is 18.3 Å². The third-order valence-electron chi connectivity index (χ3n) is 5.96. The Labute approximate surface area is 177 Å². The molecule has 0 bridgehead atoms. The van der Waals surface area contributed by atoms with Gasteiger partial charge in [-0.05, 0) is 31.0 Å². The number of hydrogen-bond donors (Lipinski definition) is 3. The number of aromatic amines is 1. The maximum Gasteiger partial charge on any atom is 0.416 e. The van der Waals surface area contributed by atoms with E-state index in [0.29, 0.717) is 18.1 Å². The monoisotopic (exact) mass is 441 g/mol. The number of aromatic nitrogens is 2. The lowest BCUT2D eigenvalue weighted by Crippen LogP contribution is -2.46. The Morgan fingerprint density at radius 2 is 2.10 bits per heavy atom. The van der Waals surface area contributed by atoms with E-state index < -0.39 is 11.7 Å². The number of carbonyl (C=O) groups is 1. The molecule has 1 aromatic carbocycles. The Bertz CT molecular complexity index is 913. The number of likely N-dealkylation sites (tertiary alicyclic amines) is 1. The van der Waals surface area contributed by atoms with E-state index in [0.717, 1.165) is 44.7 Å². The Morgan fingerprint density at radius 3 is 2.81 bits per heavy atom. The molecule has 2 aromatic rings. The van der Waals surface area contributed by atoms with Crippen LogP contribution in [0.1, 0.15) is 18.4 Å². The second-order valence-corrected chi connectivity index (χ2v) is 7.93. The summed E-state index contributed by atoms with van der Waals surface area (Å²) in [6.45, 7) is 2.81. The number of benzene rings is 1. The molecular formula is C20H26F3N5O3. The van der Waals surface area contributed by atoms with Crippen LogP contribution in [0.25, 0.3) is 10.9 Å². The Morgan fingerprint density at radius 1 is 1.32 bits per heavy atom. The minimum absolute atomic E-state index is 0.111. The largest absolute Gasteiger partial charge is 0.416 e. The number of fused-ring (bicyclic) bond motifs is 1. The van der Waals surface area contributed by atoms with Gasteiger partial charge in [0.2, 0.25) is 5.91 Å². The Hall–Kier alpha value is -2.37. The number of alkyl halides is 3. The number of H-pyrrole nitrogens is 1. The highest BCUT2D eigenvalue weighted by Gasteiger charge is 2.37. The summed E-state index contributed by atoms with van der Waals surface area (Å²) in [4.78, 5) is 14.8. The number of amides is 1. The number of rotatable bonds is 6. The fraction of sp³-hybridized carbons (Fsp3) is 0.600. The van der Waals surface area contributed by atoms with E-state index in [1.165, 1.54) is 6.07 Å². The van der Waals surface area contributed by atoms with Crippen LogP contribution in [0.15, 0.2) is 18.2 Å². The zero-order valence-electron chi connectivity index (χ0n) is 17.2. The first-order valence-electron chi connectivity index (χ1n) is 10.3. The van der Waals surface area contributed by atoms with E-state index in [2.05, 4.69) is 25.7 Å². The SMILES string of the molecule is CO[C@@H]1CN(C2CCOCC2)C[C@H]1NC(=O)CNc1n[nH]c2ccc(C(F)(F)F)cc12. The first kappa shape index (κ1) is 21.8. The molecule has 8 nitrogen and oxygen atoms in total. The van der Waals surface area contributed by atoms with Crippen molar-refractivity contribution < 1.29 is 27.4 Å². The van der Waals surface area contributed by atoms with Crippen LogP contribution in [0.3, 0.4) is 0 Å². The Kier molecular flexibility index (Phi) is 6.35. The zero-order valence-corrected chi connectivity index (χ0v) is 17.2. The summed E-state index contributed by atoms with van der Waals surface area (Å²) in [6, 6.07) is 3.59. The van der Waals surface area contributed by atoms with Crippen molar-refractivity contribution in [2.75, 3.05) is 45.3 Å². The number of anilines is 1. The van der Waals surface area contributed by atoms with Crippen LogP contribution in [0.4, 0.5) is 19.0 Å². The smallest absolute Gasteiger partial charge is 0.381 e. The standard InChI is InChI=1S/C20H26F3N5O3/c1-30-17-11-28(13-4-6-31-7-5-13)10-16(17)25-18(29)9-24-19-14-8-12(20(21,22)23)2-3-15(14)26-27-19/h2-3,8,13,16-17H,4-7,9-11H2,1H3,(H,25,29)(H2,24,26,27)/t16-,17-/m1/s1. The van der Waals surface area contributed by atoms with E-state index >= 15 is 0 Å². The third kappa shape index (κ3) is 4.94. The molecule has 0 unspecified atom stereocenters. The fourth-order valence-electron chi connectivity index (χ4n) is 4.28. The van der Waals surface area contributed by atoms with Gasteiger partial charge in [0.15, 0.2) is 5.82 Å². The van der Waals surface area contributed by atoms with E-state index in [4.69, 9.17) is 9.47 Å². The van der Waals surface area contributed by atoms with Gasteiger partial charge in [0, 0.05) is 44.8 Å². The van der Waals surface area contributed by atoms with E-state index in [1.54, 1.807) is 7.11 Å². The molecule has 4 rings (SSSR count). The van der Waals surface area contributed by atoms with Crippen molar-refractivity contribution in [2.45, 2.75) is 37.2 Å². The first-order chi connectivity index (χ1) is 14.8. The predicted octanol–water partition coefficient (Wildman–Crippen LogP) is 1.99. The van der Waals surface area contributed by atoms with Crippen LogP contribution >= 0.6 is 0 Å². The highest BCUT2D eigenvalue weighted by Crippen LogP contribution is 2.32. The number of hydrogen-bond acceptors (Lipinski definition) is 6. The summed E-state index contributed by atoms with van der Waals surface area (Å²) >= 11 is 0. The molecule has 2 fully saturated rings. The molecule has 0 saturated carbocycles. The number of carbonyl (C=O) groups excluding carboxylic acids is 1. The van der Waals surface area contributed by atoms with Crippen molar-refractivity contribution in [3.63, 3.8) is 0 Å². The van der Waals surface area contributed by atoms with Crippen LogP contribution in [0.5, 0.6) is 0 Å². The van der Waals surface area contributed by atoms with Gasteiger partial charge in [-0.1, -0.05) is 0 Å². The lowest BCUT2D eigenvalue weighted by Gasteiger charge is -2.30. The number of nitrogens with one attached hydrogen (secondary N) is 3. The summed E-state index contributed by atoms with van der Waals surface area (Å²) in [5, 5.41) is 12.8. The molecule has 2 aliphatic heterocycles. The number of nitrogens with zero attached hydrogens (tertiary/aromatic N) is 2. The molecule has 11 heteroatoms. The minimum atomic E-state index is -4.45. The van der Waals surface area contributed by atoms with Gasteiger partial charge in [-0.3, -0.25) is 14.8 Å². The van der Waals surface area contributed by atoms with Crippen LogP contribution < -0.4 is 10.6 Å². The summed E-state index contributed by atoms with van der Waals surface area (Å²) in [5.74, 6) is -0.0706. The van der Waals surface area contributed by atoms with E-state index in [9.17, 15) is 18.0 Å². The van der Waals surface area contributed by atoms with Gasteiger partial charge < -0.3 is 20.1 Å². The lowest BCUT2D eigenvalue weighted by molar-refractivity contribution is -0.137. The van der Waals surface area contributed by atoms with Gasteiger partial charge >= 0.3 is 6.18 Å². The van der Waals surface area contributed by atoms with Crippen LogP contribution in [0.2, 0.25) is 0 Å². The van der Waals surface area contributed by atoms with E-state index in [1.807, 2.05) is 0 Å². The fourth-order valence-corrected chi connectivity index (χ4v) is 4.28. The molecule has 2 aliphatic rings. The lowest BCUT2D eigenvalue weighted by atomic mass is 10.1. The topological polar surface area (TPSA) is 91.5 Å². The Balaban J connectivity index is 1.35. The maximum atomic E-state index is 13.0. The molecular weight excluding hydrogens is 415 g/mol. The van der Waals surface area contributed by atoms with Gasteiger partial charge in [0.25, 0.3) is 0 Å². The van der Waals surface area contributed by atoms with Crippen molar-refractivity contribution in [3.05, 3.63) is 23.8 Å². The highest BCUT2D eigenvalue weighted by molar-refractivity contribution is 5.92. The van der Waals surface area contributed by atoms with Crippen LogP contribution in [-0.4, -0.2) is 79.1 Å². The molecule has 1 aromatic heterocycles. The van der Waals surface area contributed by atoms with Crippen molar-refractivity contribution in [1.82, 2.24) is 20.4 Å². The number of ether oxygens (including phenoxy) is 2. The molecule has 31 heavy (non-hydrogen) atoms. The summed E-state index contributed by atoms with van der Waals surface area (Å²) < 4.78 is 50.0. The summed E-state index contributed by atoms with van der Waals surface area (Å²) in [7, 11) is 1.63. The molecule has 3 N–H and O–H groups in total. The van der Waals surface area contributed by atoms with Crippen molar-refractivity contribution in [2.24, 2.45) is 0 Å². The van der Waals surface area contributed by atoms with Crippen LogP contribution in [0, 0.1) is 0 Å². The maximum absolute atomic E-state index is 13.0. The van der Waals surface area contributed by atoms with Crippen molar-refractivity contribution in [3.8, 4) is 0 Å². The van der Waals surface area contributed by atoms with Gasteiger partial charge in [0.05, 0.1) is 29.8 Å². The average molecular weight is 441 g/mol. The highest BCUT2D eigenvalue weighted by atomic mass is 19.4. The number of halogens is 3. The van der Waals surface area contributed by atoms with E-state index in [-0.39, 0.29) is 35.8 Å². The quantitative estimate of drug-likeness (QED) is 0.635. The normalized spacial score (nSPS) is 23.4. The molecule has 2 atom stereocenters. The molecule has 1 amide bonds. The first-order valence-corrected chi connectivity index (χ1v) is 10.3.